The summed E-state index contributed by atoms with van der Waals surface area (Å²) in [5.74, 6) is -0.786. The number of thiophene rings is 1. The highest BCUT2D eigenvalue weighted by Gasteiger charge is 2.25. The average molecular weight is 407 g/mol. The summed E-state index contributed by atoms with van der Waals surface area (Å²) in [6.45, 7) is 0. The minimum atomic E-state index is -4.17. The molecule has 9 heteroatoms. The van der Waals surface area contributed by atoms with Crippen molar-refractivity contribution in [3.05, 3.63) is 77.7 Å². The van der Waals surface area contributed by atoms with Gasteiger partial charge >= 0.3 is 0 Å². The molecule has 1 heterocycles. The van der Waals surface area contributed by atoms with Gasteiger partial charge in [-0.1, -0.05) is 36.4 Å². The molecule has 0 atom stereocenters. The van der Waals surface area contributed by atoms with Gasteiger partial charge in [0.1, 0.15) is 4.21 Å². The Hall–Kier alpha value is -2.49. The minimum absolute atomic E-state index is 0.0649. The molecule has 0 fully saturated rings. The maximum Gasteiger partial charge on any atom is 0.273 e. The van der Waals surface area contributed by atoms with Gasteiger partial charge in [-0.05, 0) is 30.3 Å². The highest BCUT2D eigenvalue weighted by Crippen LogP contribution is 2.28. The highest BCUT2D eigenvalue weighted by atomic mass is 32.2. The number of sulfone groups is 1. The van der Waals surface area contributed by atoms with Crippen molar-refractivity contribution in [1.82, 2.24) is 4.72 Å². The molecule has 0 unspecified atom stereocenters. The van der Waals surface area contributed by atoms with Crippen molar-refractivity contribution in [2.75, 3.05) is 0 Å². The third-order valence-corrected chi connectivity index (χ3v) is 8.11. The predicted octanol–water partition coefficient (Wildman–Crippen LogP) is 2.70. The van der Waals surface area contributed by atoms with Crippen LogP contribution in [-0.4, -0.2) is 22.7 Å². The Morgan fingerprint density at radius 3 is 2.00 bits per heavy atom. The van der Waals surface area contributed by atoms with E-state index in [1.165, 1.54) is 29.6 Å². The van der Waals surface area contributed by atoms with Crippen LogP contribution in [0, 0.1) is 0 Å². The summed E-state index contributed by atoms with van der Waals surface area (Å²) >= 11 is 0.733. The summed E-state index contributed by atoms with van der Waals surface area (Å²) in [6, 6.07) is 16.6. The molecule has 0 saturated heterocycles. The van der Waals surface area contributed by atoms with Crippen LogP contribution < -0.4 is 4.72 Å². The van der Waals surface area contributed by atoms with E-state index >= 15 is 0 Å². The first-order valence-corrected chi connectivity index (χ1v) is 11.2. The maximum absolute atomic E-state index is 12.5. The van der Waals surface area contributed by atoms with Crippen LogP contribution in [0.1, 0.15) is 10.4 Å². The number of hydrogen-bond donors (Lipinski definition) is 1. The Bertz CT molecular complexity index is 1140. The Balaban J connectivity index is 1.88. The average Bonchev–Trinajstić information content (AvgIpc) is 3.15. The molecule has 0 aliphatic carbocycles. The zero-order chi connectivity index (χ0) is 18.8. The Labute approximate surface area is 155 Å². The molecule has 134 valence electrons. The van der Waals surface area contributed by atoms with Crippen molar-refractivity contribution >= 4 is 37.1 Å². The SMILES string of the molecule is O=C(NS(=O)(=O)c1cc(S(=O)(=O)c2ccccc2)cs1)c1ccccc1. The third kappa shape index (κ3) is 3.69. The smallest absolute Gasteiger partial charge is 0.268 e. The van der Waals surface area contributed by atoms with Crippen LogP contribution in [0.2, 0.25) is 0 Å². The lowest BCUT2D eigenvalue weighted by Gasteiger charge is -2.05. The summed E-state index contributed by atoms with van der Waals surface area (Å²) in [6.07, 6.45) is 0. The van der Waals surface area contributed by atoms with Crippen LogP contribution in [0.3, 0.4) is 0 Å². The van der Waals surface area contributed by atoms with Gasteiger partial charge in [0.05, 0.1) is 9.79 Å². The topological polar surface area (TPSA) is 97.4 Å². The van der Waals surface area contributed by atoms with Crippen LogP contribution in [0.15, 0.2) is 86.1 Å². The normalized spacial score (nSPS) is 11.8. The van der Waals surface area contributed by atoms with Gasteiger partial charge in [0.2, 0.25) is 9.84 Å². The molecule has 1 N–H and O–H groups in total. The number of carbonyl (C=O) groups excluding carboxylic acids is 1. The van der Waals surface area contributed by atoms with Crippen LogP contribution in [0.5, 0.6) is 0 Å². The lowest BCUT2D eigenvalue weighted by molar-refractivity contribution is 0.0981. The largest absolute Gasteiger partial charge is 0.273 e. The molecule has 0 aliphatic rings. The van der Waals surface area contributed by atoms with E-state index < -0.39 is 25.8 Å². The van der Waals surface area contributed by atoms with Crippen LogP contribution >= 0.6 is 11.3 Å². The number of carbonyl (C=O) groups is 1. The van der Waals surface area contributed by atoms with Gasteiger partial charge in [-0.25, -0.2) is 21.6 Å². The van der Waals surface area contributed by atoms with Crippen LogP contribution in [-0.2, 0) is 19.9 Å². The van der Waals surface area contributed by atoms with Crippen molar-refractivity contribution in [2.24, 2.45) is 0 Å². The first kappa shape index (κ1) is 18.3. The molecule has 3 rings (SSSR count). The molecule has 0 aliphatic heterocycles. The monoisotopic (exact) mass is 407 g/mol. The first-order chi connectivity index (χ1) is 12.3. The van der Waals surface area contributed by atoms with E-state index in [9.17, 15) is 21.6 Å². The van der Waals surface area contributed by atoms with E-state index in [1.807, 2.05) is 4.72 Å². The zero-order valence-corrected chi connectivity index (χ0v) is 15.6. The van der Waals surface area contributed by atoms with E-state index in [0.717, 1.165) is 17.4 Å². The molecule has 0 bridgehead atoms. The summed E-state index contributed by atoms with van der Waals surface area (Å²) in [7, 11) is -8.00. The number of nitrogens with one attached hydrogen (secondary N) is 1. The Morgan fingerprint density at radius 1 is 0.808 bits per heavy atom. The number of benzene rings is 2. The molecule has 6 nitrogen and oxygen atoms in total. The summed E-state index contributed by atoms with van der Waals surface area (Å²) in [5, 5.41) is 1.24. The minimum Gasteiger partial charge on any atom is -0.268 e. The van der Waals surface area contributed by atoms with Crippen LogP contribution in [0.4, 0.5) is 0 Å². The fourth-order valence-corrected chi connectivity index (χ4v) is 6.02. The summed E-state index contributed by atoms with van der Waals surface area (Å²) in [4.78, 5) is 12.0. The second-order valence-electron chi connectivity index (χ2n) is 5.22. The van der Waals surface area contributed by atoms with Crippen molar-refractivity contribution in [3.8, 4) is 0 Å². The first-order valence-electron chi connectivity index (χ1n) is 7.31. The van der Waals surface area contributed by atoms with E-state index in [0.29, 0.717) is 0 Å². The lowest BCUT2D eigenvalue weighted by atomic mass is 10.2. The molecule has 1 amide bonds. The molecule has 1 aromatic heterocycles. The fraction of sp³-hybridized carbons (Fsp3) is 0. The molecule has 0 saturated carbocycles. The second kappa shape index (κ2) is 7.02. The predicted molar refractivity (Wildman–Crippen MR) is 97.3 cm³/mol. The van der Waals surface area contributed by atoms with E-state index in [1.54, 1.807) is 36.4 Å². The third-order valence-electron chi connectivity index (χ3n) is 3.44. The van der Waals surface area contributed by atoms with Crippen molar-refractivity contribution < 1.29 is 21.6 Å². The number of sulfonamides is 1. The molecule has 2 aromatic carbocycles. The van der Waals surface area contributed by atoms with Crippen molar-refractivity contribution in [1.29, 1.82) is 0 Å². The van der Waals surface area contributed by atoms with E-state index in [4.69, 9.17) is 0 Å². The molecule has 26 heavy (non-hydrogen) atoms. The molecular weight excluding hydrogens is 394 g/mol. The summed E-state index contributed by atoms with van der Waals surface area (Å²) in [5.41, 5.74) is 0.185. The van der Waals surface area contributed by atoms with Gasteiger partial charge in [-0.2, -0.15) is 0 Å². The molecule has 3 aromatic rings. The summed E-state index contributed by atoms with van der Waals surface area (Å²) < 4.78 is 51.5. The van der Waals surface area contributed by atoms with E-state index in [2.05, 4.69) is 0 Å². The fourth-order valence-electron chi connectivity index (χ4n) is 2.14. The van der Waals surface area contributed by atoms with Crippen LogP contribution in [0.25, 0.3) is 0 Å². The Kier molecular flexibility index (Phi) is 4.94. The maximum atomic E-state index is 12.5. The van der Waals surface area contributed by atoms with Crippen molar-refractivity contribution in [2.45, 2.75) is 14.0 Å². The van der Waals surface area contributed by atoms with Gasteiger partial charge < -0.3 is 0 Å². The van der Waals surface area contributed by atoms with Gasteiger partial charge in [0, 0.05) is 10.9 Å². The number of rotatable bonds is 5. The zero-order valence-electron chi connectivity index (χ0n) is 13.2. The molecule has 0 radical (unpaired) electrons. The Morgan fingerprint density at radius 2 is 1.38 bits per heavy atom. The van der Waals surface area contributed by atoms with E-state index in [-0.39, 0.29) is 19.6 Å². The second-order valence-corrected chi connectivity index (χ2v) is 9.99. The quantitative estimate of drug-likeness (QED) is 0.701. The lowest BCUT2D eigenvalue weighted by Crippen LogP contribution is -2.30. The molecular formula is C17H13NO5S3. The van der Waals surface area contributed by atoms with Gasteiger partial charge in [0.25, 0.3) is 15.9 Å². The van der Waals surface area contributed by atoms with Crippen molar-refractivity contribution in [3.63, 3.8) is 0 Å². The standard InChI is InChI=1S/C17H13NO5S3/c19-17(13-7-3-1-4-8-13)18-26(22,23)16-11-15(12-24-16)25(20,21)14-9-5-2-6-10-14/h1-12H,(H,18,19). The molecule has 0 spiro atoms. The van der Waals surface area contributed by atoms with Gasteiger partial charge in [0.15, 0.2) is 0 Å². The van der Waals surface area contributed by atoms with Gasteiger partial charge in [-0.15, -0.1) is 11.3 Å². The number of amides is 1. The number of hydrogen-bond acceptors (Lipinski definition) is 6. The highest BCUT2D eigenvalue weighted by molar-refractivity contribution is 7.93. The van der Waals surface area contributed by atoms with Gasteiger partial charge in [-0.3, -0.25) is 4.79 Å².